The number of hydrazine groups is 1. The van der Waals surface area contributed by atoms with E-state index < -0.39 is 5.91 Å². The molecule has 0 spiro atoms. The average Bonchev–Trinajstić information content (AvgIpc) is 2.64. The number of ether oxygens (including phenoxy) is 2. The van der Waals surface area contributed by atoms with Gasteiger partial charge < -0.3 is 14.8 Å². The highest BCUT2D eigenvalue weighted by Crippen LogP contribution is 2.17. The third-order valence-electron chi connectivity index (χ3n) is 3.59. The highest BCUT2D eigenvalue weighted by atomic mass is 16.5. The molecule has 0 aromatic heterocycles. The number of carbonyl (C=O) groups is 2. The van der Waals surface area contributed by atoms with Crippen LogP contribution in [0.15, 0.2) is 42.5 Å². The van der Waals surface area contributed by atoms with Gasteiger partial charge in [-0.05, 0) is 49.7 Å². The summed E-state index contributed by atoms with van der Waals surface area (Å²) in [6.45, 7) is 3.80. The predicted molar refractivity (Wildman–Crippen MR) is 99.2 cm³/mol. The molecule has 0 heterocycles. The number of nitrogens with one attached hydrogen (secondary N) is 3. The molecule has 2 aromatic carbocycles. The molecule has 3 N–H and O–H groups in total. The van der Waals surface area contributed by atoms with Crippen LogP contribution in [0.1, 0.15) is 11.1 Å². The Balaban J connectivity index is 1.68. The fourth-order valence-electron chi connectivity index (χ4n) is 2.23. The van der Waals surface area contributed by atoms with Gasteiger partial charge in [-0.3, -0.25) is 20.4 Å². The summed E-state index contributed by atoms with van der Waals surface area (Å²) in [6, 6.07) is 12.8. The van der Waals surface area contributed by atoms with Crippen LogP contribution in [0.2, 0.25) is 0 Å². The summed E-state index contributed by atoms with van der Waals surface area (Å²) in [6.07, 6.45) is 0. The summed E-state index contributed by atoms with van der Waals surface area (Å²) in [7, 11) is 1.57. The molecule has 0 saturated carbocycles. The predicted octanol–water partition coefficient (Wildman–Crippen LogP) is 1.95. The van der Waals surface area contributed by atoms with Crippen LogP contribution in [0.4, 0.5) is 5.69 Å². The first-order valence-electron chi connectivity index (χ1n) is 8.13. The molecule has 2 rings (SSSR count). The second-order valence-corrected chi connectivity index (χ2v) is 5.73. The van der Waals surface area contributed by atoms with Crippen molar-refractivity contribution in [2.24, 2.45) is 0 Å². The molecule has 0 fully saturated rings. The quantitative estimate of drug-likeness (QED) is 0.659. The Labute approximate surface area is 152 Å². The van der Waals surface area contributed by atoms with Crippen LogP contribution in [-0.4, -0.2) is 32.1 Å². The summed E-state index contributed by atoms with van der Waals surface area (Å²) in [5.41, 5.74) is 7.72. The molecule has 0 aliphatic carbocycles. The standard InChI is InChI=1S/C19H23N3O4/c1-13-4-9-17(14(2)10-13)20-11-18(23)21-22-19(24)12-26-16-7-5-15(25-3)6-8-16/h4-10,20H,11-12H2,1-3H3,(H,21,23)(H,22,24). The highest BCUT2D eigenvalue weighted by Gasteiger charge is 2.07. The molecular weight excluding hydrogens is 334 g/mol. The third kappa shape index (κ3) is 6.01. The minimum atomic E-state index is -0.458. The van der Waals surface area contributed by atoms with Crippen LogP contribution >= 0.6 is 0 Å². The van der Waals surface area contributed by atoms with Crippen molar-refractivity contribution in [3.8, 4) is 11.5 Å². The summed E-state index contributed by atoms with van der Waals surface area (Å²) >= 11 is 0. The summed E-state index contributed by atoms with van der Waals surface area (Å²) in [4.78, 5) is 23.5. The molecule has 0 aliphatic rings. The van der Waals surface area contributed by atoms with E-state index in [1.165, 1.54) is 0 Å². The minimum absolute atomic E-state index is 0.0452. The topological polar surface area (TPSA) is 88.7 Å². The van der Waals surface area contributed by atoms with Crippen molar-refractivity contribution < 1.29 is 19.1 Å². The molecule has 0 saturated heterocycles. The van der Waals surface area contributed by atoms with E-state index in [9.17, 15) is 9.59 Å². The zero-order valence-corrected chi connectivity index (χ0v) is 15.1. The second kappa shape index (κ2) is 9.31. The van der Waals surface area contributed by atoms with E-state index in [1.807, 2.05) is 32.0 Å². The number of hydrogen-bond donors (Lipinski definition) is 3. The Bertz CT molecular complexity index is 760. The fraction of sp³-hybridized carbons (Fsp3) is 0.263. The Hall–Kier alpha value is -3.22. The lowest BCUT2D eigenvalue weighted by molar-refractivity contribution is -0.129. The zero-order chi connectivity index (χ0) is 18.9. The molecule has 0 bridgehead atoms. The van der Waals surface area contributed by atoms with E-state index in [0.717, 1.165) is 16.8 Å². The Morgan fingerprint density at radius 3 is 2.23 bits per heavy atom. The van der Waals surface area contributed by atoms with Gasteiger partial charge in [0, 0.05) is 5.69 Å². The van der Waals surface area contributed by atoms with Crippen LogP contribution in [0.3, 0.4) is 0 Å². The Kier molecular flexibility index (Phi) is 6.84. The van der Waals surface area contributed by atoms with Gasteiger partial charge in [-0.15, -0.1) is 0 Å². The van der Waals surface area contributed by atoms with Crippen LogP contribution in [-0.2, 0) is 9.59 Å². The van der Waals surface area contributed by atoms with Gasteiger partial charge in [-0.25, -0.2) is 0 Å². The Morgan fingerprint density at radius 2 is 1.58 bits per heavy atom. The van der Waals surface area contributed by atoms with Gasteiger partial charge in [-0.2, -0.15) is 0 Å². The van der Waals surface area contributed by atoms with E-state index >= 15 is 0 Å². The third-order valence-corrected chi connectivity index (χ3v) is 3.59. The SMILES string of the molecule is COc1ccc(OCC(=O)NNC(=O)CNc2ccc(C)cc2C)cc1. The van der Waals surface area contributed by atoms with Crippen LogP contribution in [0, 0.1) is 13.8 Å². The first-order valence-corrected chi connectivity index (χ1v) is 8.13. The molecule has 26 heavy (non-hydrogen) atoms. The van der Waals surface area contributed by atoms with Crippen molar-refractivity contribution in [3.63, 3.8) is 0 Å². The number of hydrogen-bond acceptors (Lipinski definition) is 5. The monoisotopic (exact) mass is 357 g/mol. The van der Waals surface area contributed by atoms with Crippen molar-refractivity contribution in [3.05, 3.63) is 53.6 Å². The lowest BCUT2D eigenvalue weighted by Crippen LogP contribution is -2.46. The van der Waals surface area contributed by atoms with E-state index in [0.29, 0.717) is 11.5 Å². The van der Waals surface area contributed by atoms with Crippen molar-refractivity contribution in [2.75, 3.05) is 25.6 Å². The minimum Gasteiger partial charge on any atom is -0.497 e. The fourth-order valence-corrected chi connectivity index (χ4v) is 2.23. The molecular formula is C19H23N3O4. The maximum Gasteiger partial charge on any atom is 0.276 e. The first kappa shape index (κ1) is 19.1. The first-order chi connectivity index (χ1) is 12.5. The Morgan fingerprint density at radius 1 is 0.923 bits per heavy atom. The van der Waals surface area contributed by atoms with Gasteiger partial charge in [0.1, 0.15) is 11.5 Å². The lowest BCUT2D eigenvalue weighted by atomic mass is 10.1. The average molecular weight is 357 g/mol. The van der Waals surface area contributed by atoms with Gasteiger partial charge in [0.05, 0.1) is 13.7 Å². The van der Waals surface area contributed by atoms with Crippen molar-refractivity contribution >= 4 is 17.5 Å². The molecule has 0 atom stereocenters. The van der Waals surface area contributed by atoms with E-state index in [1.54, 1.807) is 31.4 Å². The molecule has 138 valence electrons. The maximum atomic E-state index is 11.8. The molecule has 0 unspecified atom stereocenters. The lowest BCUT2D eigenvalue weighted by Gasteiger charge is -2.11. The highest BCUT2D eigenvalue weighted by molar-refractivity contribution is 5.85. The number of benzene rings is 2. The summed E-state index contributed by atoms with van der Waals surface area (Å²) in [5.74, 6) is 0.414. The van der Waals surface area contributed by atoms with Crippen LogP contribution < -0.4 is 25.6 Å². The number of amides is 2. The molecule has 2 aromatic rings. The van der Waals surface area contributed by atoms with Gasteiger partial charge in [0.15, 0.2) is 6.61 Å². The van der Waals surface area contributed by atoms with Gasteiger partial charge in [0.25, 0.3) is 11.8 Å². The van der Waals surface area contributed by atoms with Crippen molar-refractivity contribution in [1.29, 1.82) is 0 Å². The van der Waals surface area contributed by atoms with Gasteiger partial charge in [0.2, 0.25) is 0 Å². The van der Waals surface area contributed by atoms with E-state index in [2.05, 4.69) is 16.2 Å². The van der Waals surface area contributed by atoms with E-state index in [4.69, 9.17) is 9.47 Å². The number of carbonyl (C=O) groups excluding carboxylic acids is 2. The number of anilines is 1. The number of rotatable bonds is 7. The summed E-state index contributed by atoms with van der Waals surface area (Å²) < 4.78 is 10.4. The normalized spacial score (nSPS) is 9.96. The van der Waals surface area contributed by atoms with Crippen LogP contribution in [0.25, 0.3) is 0 Å². The van der Waals surface area contributed by atoms with Crippen molar-refractivity contribution in [1.82, 2.24) is 10.9 Å². The zero-order valence-electron chi connectivity index (χ0n) is 15.1. The van der Waals surface area contributed by atoms with E-state index in [-0.39, 0.29) is 19.1 Å². The molecule has 2 amide bonds. The van der Waals surface area contributed by atoms with Crippen molar-refractivity contribution in [2.45, 2.75) is 13.8 Å². The molecule has 7 heteroatoms. The largest absolute Gasteiger partial charge is 0.497 e. The molecule has 0 aliphatic heterocycles. The second-order valence-electron chi connectivity index (χ2n) is 5.73. The van der Waals surface area contributed by atoms with Gasteiger partial charge >= 0.3 is 0 Å². The smallest absolute Gasteiger partial charge is 0.276 e. The number of aryl methyl sites for hydroxylation is 2. The van der Waals surface area contributed by atoms with Gasteiger partial charge in [-0.1, -0.05) is 17.7 Å². The maximum absolute atomic E-state index is 11.8. The van der Waals surface area contributed by atoms with Crippen LogP contribution in [0.5, 0.6) is 11.5 Å². The molecule has 0 radical (unpaired) electrons. The number of methoxy groups -OCH3 is 1. The summed E-state index contributed by atoms with van der Waals surface area (Å²) in [5, 5.41) is 3.03. The molecule has 7 nitrogen and oxygen atoms in total.